The predicted molar refractivity (Wildman–Crippen MR) is 94.9 cm³/mol. The fourth-order valence-electron chi connectivity index (χ4n) is 2.68. The molecule has 0 atom stereocenters. The van der Waals surface area contributed by atoms with Crippen molar-refractivity contribution in [1.29, 1.82) is 0 Å². The molecule has 2 heterocycles. The molecule has 1 saturated heterocycles. The first-order valence-electron chi connectivity index (χ1n) is 8.35. The van der Waals surface area contributed by atoms with Crippen molar-refractivity contribution in [3.8, 4) is 0 Å². The lowest BCUT2D eigenvalue weighted by atomic mass is 9.99. The summed E-state index contributed by atoms with van der Waals surface area (Å²) in [7, 11) is 0. The van der Waals surface area contributed by atoms with Crippen LogP contribution >= 0.6 is 0 Å². The van der Waals surface area contributed by atoms with Crippen LogP contribution in [0.25, 0.3) is 0 Å². The zero-order valence-electron chi connectivity index (χ0n) is 13.9. The van der Waals surface area contributed by atoms with E-state index in [-0.39, 0.29) is 11.8 Å². The first-order chi connectivity index (χ1) is 11.7. The predicted octanol–water partition coefficient (Wildman–Crippen LogP) is 3.37. The Kier molecular flexibility index (Phi) is 5.43. The summed E-state index contributed by atoms with van der Waals surface area (Å²) in [4.78, 5) is 16.5. The standard InChI is InChI=1S/C19H23N3O2/c1-14-2-4-15(5-3-14)12-20-18-7-6-17(13-21-18)22-19(23)16-8-10-24-11-9-16/h2-7,13,16H,8-12H2,1H3,(H,20,21)(H,22,23). The van der Waals surface area contributed by atoms with Gasteiger partial charge in [0.15, 0.2) is 0 Å². The molecule has 126 valence electrons. The molecule has 1 aromatic heterocycles. The van der Waals surface area contributed by atoms with Crippen LogP contribution in [0, 0.1) is 12.8 Å². The van der Waals surface area contributed by atoms with Gasteiger partial charge in [0.2, 0.25) is 5.91 Å². The zero-order valence-corrected chi connectivity index (χ0v) is 13.9. The third-order valence-electron chi connectivity index (χ3n) is 4.22. The summed E-state index contributed by atoms with van der Waals surface area (Å²) in [5.41, 5.74) is 3.19. The molecule has 1 aliphatic heterocycles. The highest BCUT2D eigenvalue weighted by molar-refractivity contribution is 5.92. The van der Waals surface area contributed by atoms with Gasteiger partial charge in [0.25, 0.3) is 0 Å². The molecular weight excluding hydrogens is 302 g/mol. The SMILES string of the molecule is Cc1ccc(CNc2ccc(NC(=O)C3CCOCC3)cn2)cc1. The van der Waals surface area contributed by atoms with E-state index >= 15 is 0 Å². The average Bonchev–Trinajstić information content (AvgIpc) is 2.63. The first kappa shape index (κ1) is 16.5. The number of aryl methyl sites for hydroxylation is 1. The van der Waals surface area contributed by atoms with Gasteiger partial charge in [-0.2, -0.15) is 0 Å². The van der Waals surface area contributed by atoms with E-state index in [9.17, 15) is 4.79 Å². The maximum atomic E-state index is 12.2. The number of aromatic nitrogens is 1. The average molecular weight is 325 g/mol. The van der Waals surface area contributed by atoms with Crippen molar-refractivity contribution in [1.82, 2.24) is 4.98 Å². The Hall–Kier alpha value is -2.40. The summed E-state index contributed by atoms with van der Waals surface area (Å²) in [6.07, 6.45) is 3.26. The number of nitrogens with zero attached hydrogens (tertiary/aromatic N) is 1. The van der Waals surface area contributed by atoms with E-state index in [1.165, 1.54) is 11.1 Å². The first-order valence-corrected chi connectivity index (χ1v) is 8.35. The third kappa shape index (κ3) is 4.55. The molecular formula is C19H23N3O2. The van der Waals surface area contributed by atoms with Crippen LogP contribution in [-0.4, -0.2) is 24.1 Å². The molecule has 2 aromatic rings. The highest BCUT2D eigenvalue weighted by Gasteiger charge is 2.21. The van der Waals surface area contributed by atoms with Crippen LogP contribution in [-0.2, 0) is 16.1 Å². The van der Waals surface area contributed by atoms with E-state index in [4.69, 9.17) is 4.74 Å². The van der Waals surface area contributed by atoms with Crippen molar-refractivity contribution in [3.05, 3.63) is 53.7 Å². The van der Waals surface area contributed by atoms with Gasteiger partial charge < -0.3 is 15.4 Å². The Balaban J connectivity index is 1.51. The largest absolute Gasteiger partial charge is 0.381 e. The number of pyridine rings is 1. The van der Waals surface area contributed by atoms with Gasteiger partial charge in [-0.25, -0.2) is 4.98 Å². The van der Waals surface area contributed by atoms with Crippen LogP contribution in [0.2, 0.25) is 0 Å². The molecule has 1 aromatic carbocycles. The Bertz CT molecular complexity index is 662. The number of amides is 1. The number of benzene rings is 1. The Morgan fingerprint density at radius 3 is 2.58 bits per heavy atom. The normalized spacial score (nSPS) is 15.0. The van der Waals surface area contributed by atoms with Crippen LogP contribution in [0.5, 0.6) is 0 Å². The summed E-state index contributed by atoms with van der Waals surface area (Å²) in [6, 6.07) is 12.2. The molecule has 24 heavy (non-hydrogen) atoms. The van der Waals surface area contributed by atoms with Gasteiger partial charge in [0, 0.05) is 25.7 Å². The Morgan fingerprint density at radius 1 is 1.17 bits per heavy atom. The van der Waals surface area contributed by atoms with Crippen LogP contribution in [0.4, 0.5) is 11.5 Å². The van der Waals surface area contributed by atoms with Crippen molar-refractivity contribution >= 4 is 17.4 Å². The van der Waals surface area contributed by atoms with Gasteiger partial charge in [-0.1, -0.05) is 29.8 Å². The number of nitrogens with one attached hydrogen (secondary N) is 2. The number of carbonyl (C=O) groups excluding carboxylic acids is 1. The second-order valence-electron chi connectivity index (χ2n) is 6.15. The molecule has 0 radical (unpaired) electrons. The molecule has 0 aliphatic carbocycles. The number of hydrogen-bond donors (Lipinski definition) is 2. The monoisotopic (exact) mass is 325 g/mol. The molecule has 5 nitrogen and oxygen atoms in total. The number of hydrogen-bond acceptors (Lipinski definition) is 4. The molecule has 5 heteroatoms. The van der Waals surface area contributed by atoms with Crippen LogP contribution in [0.3, 0.4) is 0 Å². The highest BCUT2D eigenvalue weighted by Crippen LogP contribution is 2.18. The number of anilines is 2. The molecule has 2 N–H and O–H groups in total. The van der Waals surface area contributed by atoms with E-state index < -0.39 is 0 Å². The molecule has 0 unspecified atom stereocenters. The van der Waals surface area contributed by atoms with E-state index in [2.05, 4.69) is 46.8 Å². The maximum Gasteiger partial charge on any atom is 0.227 e. The van der Waals surface area contributed by atoms with Gasteiger partial charge in [-0.3, -0.25) is 4.79 Å². The molecule has 0 saturated carbocycles. The highest BCUT2D eigenvalue weighted by atomic mass is 16.5. The minimum Gasteiger partial charge on any atom is -0.381 e. The lowest BCUT2D eigenvalue weighted by molar-refractivity contribution is -0.122. The van der Waals surface area contributed by atoms with Crippen LogP contribution in [0.15, 0.2) is 42.6 Å². The number of ether oxygens (including phenoxy) is 1. The van der Waals surface area contributed by atoms with E-state index in [1.54, 1.807) is 6.20 Å². The van der Waals surface area contributed by atoms with E-state index in [1.807, 2.05) is 12.1 Å². The summed E-state index contributed by atoms with van der Waals surface area (Å²) in [5.74, 6) is 0.887. The zero-order chi connectivity index (χ0) is 16.8. The van der Waals surface area contributed by atoms with E-state index in [0.29, 0.717) is 13.2 Å². The maximum absolute atomic E-state index is 12.2. The topological polar surface area (TPSA) is 63.2 Å². The van der Waals surface area contributed by atoms with Gasteiger partial charge in [-0.05, 0) is 37.5 Å². The van der Waals surface area contributed by atoms with Crippen molar-refractivity contribution in [2.75, 3.05) is 23.8 Å². The van der Waals surface area contributed by atoms with Gasteiger partial charge in [0.1, 0.15) is 5.82 Å². The second-order valence-corrected chi connectivity index (χ2v) is 6.15. The second kappa shape index (κ2) is 7.93. The summed E-state index contributed by atoms with van der Waals surface area (Å²) < 4.78 is 5.29. The fraction of sp³-hybridized carbons (Fsp3) is 0.368. The minimum atomic E-state index is 0.0399. The lowest BCUT2D eigenvalue weighted by Gasteiger charge is -2.21. The van der Waals surface area contributed by atoms with Gasteiger partial charge >= 0.3 is 0 Å². The summed E-state index contributed by atoms with van der Waals surface area (Å²) in [5, 5.41) is 6.22. The van der Waals surface area contributed by atoms with Crippen molar-refractivity contribution in [3.63, 3.8) is 0 Å². The molecule has 1 aliphatic rings. The summed E-state index contributed by atoms with van der Waals surface area (Å²) in [6.45, 7) is 4.13. The van der Waals surface area contributed by atoms with Gasteiger partial charge in [-0.15, -0.1) is 0 Å². The van der Waals surface area contributed by atoms with Crippen LogP contribution < -0.4 is 10.6 Å². The third-order valence-corrected chi connectivity index (χ3v) is 4.22. The Morgan fingerprint density at radius 2 is 1.92 bits per heavy atom. The molecule has 1 fully saturated rings. The number of carbonyl (C=O) groups is 1. The van der Waals surface area contributed by atoms with E-state index in [0.717, 1.165) is 30.9 Å². The minimum absolute atomic E-state index is 0.0399. The molecule has 0 bridgehead atoms. The van der Waals surface area contributed by atoms with Crippen molar-refractivity contribution in [2.45, 2.75) is 26.3 Å². The van der Waals surface area contributed by atoms with Gasteiger partial charge in [0.05, 0.1) is 11.9 Å². The quantitative estimate of drug-likeness (QED) is 0.885. The molecule has 3 rings (SSSR count). The smallest absolute Gasteiger partial charge is 0.227 e. The van der Waals surface area contributed by atoms with Crippen molar-refractivity contribution in [2.24, 2.45) is 5.92 Å². The van der Waals surface area contributed by atoms with Crippen LogP contribution in [0.1, 0.15) is 24.0 Å². The summed E-state index contributed by atoms with van der Waals surface area (Å²) >= 11 is 0. The lowest BCUT2D eigenvalue weighted by Crippen LogP contribution is -2.28. The van der Waals surface area contributed by atoms with Crippen molar-refractivity contribution < 1.29 is 9.53 Å². The molecule has 1 amide bonds. The number of rotatable bonds is 5. The molecule has 0 spiro atoms. The fourth-order valence-corrected chi connectivity index (χ4v) is 2.68. The Labute approximate surface area is 142 Å².